The van der Waals surface area contributed by atoms with Gasteiger partial charge in [-0.3, -0.25) is 4.79 Å². The van der Waals surface area contributed by atoms with E-state index in [0.717, 1.165) is 22.7 Å². The number of nitrogens with one attached hydrogen (secondary N) is 2. The van der Waals surface area contributed by atoms with E-state index in [1.165, 1.54) is 6.07 Å². The summed E-state index contributed by atoms with van der Waals surface area (Å²) in [5.74, 6) is -0.367. The van der Waals surface area contributed by atoms with Crippen LogP contribution in [0.1, 0.15) is 11.4 Å². The van der Waals surface area contributed by atoms with Crippen LogP contribution in [0.3, 0.4) is 0 Å². The van der Waals surface area contributed by atoms with Crippen molar-refractivity contribution < 1.29 is 13.2 Å². The maximum absolute atomic E-state index is 11.8. The zero-order valence-corrected chi connectivity index (χ0v) is 13.4. The van der Waals surface area contributed by atoms with Gasteiger partial charge in [-0.15, -0.1) is 11.3 Å². The Morgan fingerprint density at radius 3 is 2.67 bits per heavy atom. The van der Waals surface area contributed by atoms with Gasteiger partial charge >= 0.3 is 0 Å². The van der Waals surface area contributed by atoms with Crippen LogP contribution < -0.4 is 10.0 Å². The van der Waals surface area contributed by atoms with E-state index in [2.05, 4.69) is 10.0 Å². The first-order valence-corrected chi connectivity index (χ1v) is 8.67. The SMILES string of the molecule is Cc1ccc(CNC(=O)CNS(=O)(=O)c2cccs2)n1C. The van der Waals surface area contributed by atoms with Crippen LogP contribution in [-0.2, 0) is 28.4 Å². The summed E-state index contributed by atoms with van der Waals surface area (Å²) in [6.45, 7) is 2.06. The van der Waals surface area contributed by atoms with E-state index in [1.807, 2.05) is 30.7 Å². The molecule has 0 bridgehead atoms. The second kappa shape index (κ2) is 6.42. The van der Waals surface area contributed by atoms with Gasteiger partial charge in [-0.25, -0.2) is 13.1 Å². The van der Waals surface area contributed by atoms with Crippen LogP contribution in [0.5, 0.6) is 0 Å². The van der Waals surface area contributed by atoms with E-state index in [1.54, 1.807) is 11.4 Å². The number of carbonyl (C=O) groups excluding carboxylic acids is 1. The molecule has 2 N–H and O–H groups in total. The summed E-state index contributed by atoms with van der Waals surface area (Å²) in [7, 11) is -1.68. The molecule has 0 radical (unpaired) electrons. The highest BCUT2D eigenvalue weighted by atomic mass is 32.2. The number of sulfonamides is 1. The van der Waals surface area contributed by atoms with Crippen molar-refractivity contribution >= 4 is 27.3 Å². The third kappa shape index (κ3) is 3.93. The van der Waals surface area contributed by atoms with Gasteiger partial charge in [0.25, 0.3) is 10.0 Å². The second-order valence-electron chi connectivity index (χ2n) is 4.56. The Labute approximate surface area is 127 Å². The zero-order chi connectivity index (χ0) is 15.5. The van der Waals surface area contributed by atoms with E-state index >= 15 is 0 Å². The minimum atomic E-state index is -3.60. The van der Waals surface area contributed by atoms with Crippen LogP contribution in [0.2, 0.25) is 0 Å². The molecule has 0 aliphatic heterocycles. The molecule has 0 aromatic carbocycles. The number of amides is 1. The van der Waals surface area contributed by atoms with Crippen LogP contribution in [0.4, 0.5) is 0 Å². The minimum Gasteiger partial charge on any atom is -0.350 e. The summed E-state index contributed by atoms with van der Waals surface area (Å²) in [5, 5.41) is 4.36. The van der Waals surface area contributed by atoms with Crippen molar-refractivity contribution in [2.45, 2.75) is 17.7 Å². The molecular weight excluding hydrogens is 310 g/mol. The molecule has 2 aromatic rings. The molecule has 0 saturated carbocycles. The molecule has 21 heavy (non-hydrogen) atoms. The lowest BCUT2D eigenvalue weighted by Crippen LogP contribution is -2.36. The first-order chi connectivity index (χ1) is 9.90. The lowest BCUT2D eigenvalue weighted by molar-refractivity contribution is -0.120. The summed E-state index contributed by atoms with van der Waals surface area (Å²) < 4.78 is 28.1. The van der Waals surface area contributed by atoms with E-state index < -0.39 is 10.0 Å². The molecule has 0 spiro atoms. The first-order valence-electron chi connectivity index (χ1n) is 6.31. The van der Waals surface area contributed by atoms with Gasteiger partial charge in [0.2, 0.25) is 5.91 Å². The summed E-state index contributed by atoms with van der Waals surface area (Å²) in [6.07, 6.45) is 0. The fourth-order valence-electron chi connectivity index (χ4n) is 1.74. The maximum Gasteiger partial charge on any atom is 0.250 e. The van der Waals surface area contributed by atoms with Crippen molar-refractivity contribution in [3.05, 3.63) is 41.0 Å². The molecule has 2 rings (SSSR count). The van der Waals surface area contributed by atoms with Gasteiger partial charge in [0, 0.05) is 18.4 Å². The number of hydrogen-bond acceptors (Lipinski definition) is 4. The van der Waals surface area contributed by atoms with Crippen molar-refractivity contribution in [3.63, 3.8) is 0 Å². The molecular formula is C13H17N3O3S2. The highest BCUT2D eigenvalue weighted by Crippen LogP contribution is 2.14. The van der Waals surface area contributed by atoms with Crippen molar-refractivity contribution in [2.24, 2.45) is 7.05 Å². The predicted octanol–water partition coefficient (Wildman–Crippen LogP) is 0.990. The highest BCUT2D eigenvalue weighted by Gasteiger charge is 2.16. The van der Waals surface area contributed by atoms with E-state index in [-0.39, 0.29) is 16.7 Å². The van der Waals surface area contributed by atoms with Gasteiger partial charge in [0.15, 0.2) is 0 Å². The number of carbonyl (C=O) groups is 1. The van der Waals surface area contributed by atoms with Crippen molar-refractivity contribution in [3.8, 4) is 0 Å². The molecule has 0 unspecified atom stereocenters. The fourth-order valence-corrected chi connectivity index (χ4v) is 3.76. The number of aryl methyl sites for hydroxylation is 1. The maximum atomic E-state index is 11.8. The van der Waals surface area contributed by atoms with Crippen LogP contribution in [0, 0.1) is 6.92 Å². The third-order valence-corrected chi connectivity index (χ3v) is 5.92. The Balaban J connectivity index is 1.84. The molecule has 0 aliphatic carbocycles. The average molecular weight is 327 g/mol. The van der Waals surface area contributed by atoms with Crippen molar-refractivity contribution in [2.75, 3.05) is 6.54 Å². The van der Waals surface area contributed by atoms with Crippen LogP contribution >= 0.6 is 11.3 Å². The Morgan fingerprint density at radius 2 is 2.10 bits per heavy atom. The summed E-state index contributed by atoms with van der Waals surface area (Å²) in [6, 6.07) is 7.03. The number of nitrogens with zero attached hydrogens (tertiary/aromatic N) is 1. The molecule has 0 saturated heterocycles. The van der Waals surface area contributed by atoms with Crippen LogP contribution in [0.25, 0.3) is 0 Å². The fraction of sp³-hybridized carbons (Fsp3) is 0.308. The Hall–Kier alpha value is -1.64. The minimum absolute atomic E-state index is 0.202. The van der Waals surface area contributed by atoms with Gasteiger partial charge < -0.3 is 9.88 Å². The first kappa shape index (κ1) is 15.7. The summed E-state index contributed by atoms with van der Waals surface area (Å²) in [4.78, 5) is 11.7. The van der Waals surface area contributed by atoms with Gasteiger partial charge in [-0.1, -0.05) is 6.07 Å². The summed E-state index contributed by atoms with van der Waals surface area (Å²) in [5.41, 5.74) is 2.06. The van der Waals surface area contributed by atoms with Crippen molar-refractivity contribution in [1.29, 1.82) is 0 Å². The van der Waals surface area contributed by atoms with Crippen LogP contribution in [-0.4, -0.2) is 25.4 Å². The van der Waals surface area contributed by atoms with Crippen molar-refractivity contribution in [1.82, 2.24) is 14.6 Å². The highest BCUT2D eigenvalue weighted by molar-refractivity contribution is 7.91. The summed E-state index contributed by atoms with van der Waals surface area (Å²) >= 11 is 1.11. The Kier molecular flexibility index (Phi) is 4.81. The largest absolute Gasteiger partial charge is 0.350 e. The lowest BCUT2D eigenvalue weighted by Gasteiger charge is -2.08. The normalized spacial score (nSPS) is 11.5. The smallest absolute Gasteiger partial charge is 0.250 e. The zero-order valence-electron chi connectivity index (χ0n) is 11.8. The van der Waals surface area contributed by atoms with Crippen LogP contribution in [0.15, 0.2) is 33.9 Å². The number of hydrogen-bond donors (Lipinski definition) is 2. The molecule has 2 aromatic heterocycles. The number of thiophene rings is 1. The van der Waals surface area contributed by atoms with E-state index in [4.69, 9.17) is 0 Å². The Morgan fingerprint density at radius 1 is 1.33 bits per heavy atom. The lowest BCUT2D eigenvalue weighted by atomic mass is 10.4. The molecule has 1 amide bonds. The molecule has 114 valence electrons. The number of rotatable bonds is 6. The molecule has 8 heteroatoms. The van der Waals surface area contributed by atoms with Gasteiger partial charge in [0.05, 0.1) is 13.1 Å². The molecule has 0 atom stereocenters. The Bertz CT molecular complexity index is 718. The van der Waals surface area contributed by atoms with E-state index in [0.29, 0.717) is 6.54 Å². The van der Waals surface area contributed by atoms with Gasteiger partial charge in [0.1, 0.15) is 4.21 Å². The predicted molar refractivity (Wildman–Crippen MR) is 81.5 cm³/mol. The second-order valence-corrected chi connectivity index (χ2v) is 7.50. The quantitative estimate of drug-likeness (QED) is 0.830. The molecule has 2 heterocycles. The standard InChI is InChI=1S/C13H17N3O3S2/c1-10-5-6-11(16(10)2)8-14-12(17)9-15-21(18,19)13-4-3-7-20-13/h3-7,15H,8-9H2,1-2H3,(H,14,17). The monoisotopic (exact) mass is 327 g/mol. The molecule has 0 aliphatic rings. The van der Waals surface area contributed by atoms with Gasteiger partial charge in [-0.2, -0.15) is 0 Å². The van der Waals surface area contributed by atoms with Gasteiger partial charge in [-0.05, 0) is 30.5 Å². The average Bonchev–Trinajstić information content (AvgIpc) is 3.08. The molecule has 0 fully saturated rings. The van der Waals surface area contributed by atoms with E-state index in [9.17, 15) is 13.2 Å². The molecule has 6 nitrogen and oxygen atoms in total. The third-order valence-electron chi connectivity index (χ3n) is 3.13. The topological polar surface area (TPSA) is 80.2 Å². The number of aromatic nitrogens is 1.